The van der Waals surface area contributed by atoms with Gasteiger partial charge in [0.15, 0.2) is 5.78 Å². The summed E-state index contributed by atoms with van der Waals surface area (Å²) in [4.78, 5) is 38.7. The minimum atomic E-state index is -0.716. The van der Waals surface area contributed by atoms with Crippen LogP contribution < -0.4 is 15.4 Å². The number of para-hydroxylation sites is 1. The number of amides is 1. The van der Waals surface area contributed by atoms with E-state index in [-0.39, 0.29) is 17.6 Å². The van der Waals surface area contributed by atoms with Crippen molar-refractivity contribution < 1.29 is 23.9 Å². The maximum Gasteiger partial charge on any atom is 0.328 e. The number of anilines is 1. The number of esters is 1. The summed E-state index contributed by atoms with van der Waals surface area (Å²) in [6, 6.07) is 37.0. The number of carbonyl (C=O) groups excluding carboxylic acids is 3. The van der Waals surface area contributed by atoms with Crippen LogP contribution in [0.4, 0.5) is 5.69 Å². The van der Waals surface area contributed by atoms with Gasteiger partial charge in [0.05, 0.1) is 19.6 Å². The smallest absolute Gasteiger partial charge is 0.328 e. The third-order valence-corrected chi connectivity index (χ3v) is 7.72. The minimum absolute atomic E-state index is 0.0578. The lowest BCUT2D eigenvalue weighted by Crippen LogP contribution is -2.33. The summed E-state index contributed by atoms with van der Waals surface area (Å²) in [6.45, 7) is 2.58. The average molecular weight is 601 g/mol. The molecule has 5 aromatic carbocycles. The number of rotatable bonds is 13. The van der Waals surface area contributed by atoms with Crippen LogP contribution in [-0.4, -0.2) is 44.0 Å². The van der Waals surface area contributed by atoms with E-state index in [1.54, 1.807) is 30.3 Å². The second kappa shape index (κ2) is 14.8. The number of ketones is 1. The Bertz CT molecular complexity index is 1770. The molecule has 0 fully saturated rings. The van der Waals surface area contributed by atoms with Crippen molar-refractivity contribution >= 4 is 34.1 Å². The lowest BCUT2D eigenvalue weighted by atomic mass is 9.97. The first-order valence-corrected chi connectivity index (χ1v) is 14.9. The van der Waals surface area contributed by atoms with Crippen molar-refractivity contribution in [3.63, 3.8) is 0 Å². The van der Waals surface area contributed by atoms with Crippen molar-refractivity contribution in [3.05, 3.63) is 144 Å². The van der Waals surface area contributed by atoms with Gasteiger partial charge in [0, 0.05) is 23.2 Å². The van der Waals surface area contributed by atoms with Crippen LogP contribution in [0.15, 0.2) is 121 Å². The number of nitrogens with one attached hydrogen (secondary N) is 2. The van der Waals surface area contributed by atoms with Crippen LogP contribution in [0.25, 0.3) is 10.8 Å². The van der Waals surface area contributed by atoms with Gasteiger partial charge < -0.3 is 20.1 Å². The van der Waals surface area contributed by atoms with E-state index in [9.17, 15) is 14.4 Å². The van der Waals surface area contributed by atoms with Crippen molar-refractivity contribution in [3.8, 4) is 5.75 Å². The number of benzene rings is 5. The van der Waals surface area contributed by atoms with Gasteiger partial charge in [-0.3, -0.25) is 9.59 Å². The minimum Gasteiger partial charge on any atom is -0.492 e. The first-order valence-electron chi connectivity index (χ1n) is 14.9. The van der Waals surface area contributed by atoms with E-state index in [1.165, 1.54) is 7.11 Å². The predicted octanol–water partition coefficient (Wildman–Crippen LogP) is 6.57. The molecule has 0 heterocycles. The highest BCUT2D eigenvalue weighted by Crippen LogP contribution is 2.23. The Morgan fingerprint density at radius 1 is 0.756 bits per heavy atom. The van der Waals surface area contributed by atoms with Crippen molar-refractivity contribution in [2.75, 3.05) is 25.6 Å². The first kappa shape index (κ1) is 31.0. The molecule has 7 nitrogen and oxygen atoms in total. The largest absolute Gasteiger partial charge is 0.492 e. The summed E-state index contributed by atoms with van der Waals surface area (Å²) in [6.07, 6.45) is 0.337. The van der Waals surface area contributed by atoms with Crippen LogP contribution in [0.2, 0.25) is 0 Å². The van der Waals surface area contributed by atoms with Gasteiger partial charge in [-0.25, -0.2) is 4.79 Å². The van der Waals surface area contributed by atoms with E-state index >= 15 is 0 Å². The molecule has 2 atom stereocenters. The van der Waals surface area contributed by atoms with E-state index in [0.717, 1.165) is 21.9 Å². The Labute approximate surface area is 263 Å². The van der Waals surface area contributed by atoms with Gasteiger partial charge in [0.2, 0.25) is 5.91 Å². The molecule has 0 aliphatic rings. The normalized spacial score (nSPS) is 12.1. The summed E-state index contributed by atoms with van der Waals surface area (Å²) in [5.74, 6) is -0.266. The molecule has 2 N–H and O–H groups in total. The zero-order chi connectivity index (χ0) is 31.6. The molecule has 0 bridgehead atoms. The van der Waals surface area contributed by atoms with E-state index < -0.39 is 12.0 Å². The summed E-state index contributed by atoms with van der Waals surface area (Å²) in [7, 11) is 1.34. The summed E-state index contributed by atoms with van der Waals surface area (Å²) in [5, 5.41) is 8.44. The molecule has 5 rings (SSSR count). The summed E-state index contributed by atoms with van der Waals surface area (Å²) < 4.78 is 10.9. The Morgan fingerprint density at radius 2 is 1.44 bits per heavy atom. The Morgan fingerprint density at radius 3 is 2.20 bits per heavy atom. The van der Waals surface area contributed by atoms with Gasteiger partial charge in [-0.05, 0) is 53.1 Å². The van der Waals surface area contributed by atoms with Gasteiger partial charge in [0.1, 0.15) is 18.4 Å². The molecule has 0 aromatic heterocycles. The van der Waals surface area contributed by atoms with E-state index in [1.807, 2.05) is 85.8 Å². The second-order valence-corrected chi connectivity index (χ2v) is 10.8. The van der Waals surface area contributed by atoms with Crippen LogP contribution in [0.5, 0.6) is 5.75 Å². The van der Waals surface area contributed by atoms with Gasteiger partial charge in [-0.15, -0.1) is 0 Å². The van der Waals surface area contributed by atoms with Crippen molar-refractivity contribution in [1.82, 2.24) is 5.32 Å². The molecule has 0 aliphatic carbocycles. The van der Waals surface area contributed by atoms with Crippen LogP contribution >= 0.6 is 0 Å². The molecule has 0 saturated carbocycles. The van der Waals surface area contributed by atoms with E-state index in [4.69, 9.17) is 9.47 Å². The fraction of sp³-hybridized carbons (Fsp3) is 0.184. The Hall–Kier alpha value is -5.43. The predicted molar refractivity (Wildman–Crippen MR) is 177 cm³/mol. The molecule has 0 saturated heterocycles. The molecule has 1 amide bonds. The monoisotopic (exact) mass is 600 g/mol. The summed E-state index contributed by atoms with van der Waals surface area (Å²) >= 11 is 0. The zero-order valence-corrected chi connectivity index (χ0v) is 25.4. The van der Waals surface area contributed by atoms with Crippen LogP contribution in [0.1, 0.15) is 39.9 Å². The maximum absolute atomic E-state index is 13.2. The van der Waals surface area contributed by atoms with Crippen molar-refractivity contribution in [1.29, 1.82) is 0 Å². The maximum atomic E-state index is 13.2. The second-order valence-electron chi connectivity index (χ2n) is 10.8. The first-order chi connectivity index (χ1) is 21.9. The number of hydrogen-bond donors (Lipinski definition) is 2. The quantitative estimate of drug-likeness (QED) is 0.0903. The third-order valence-electron chi connectivity index (χ3n) is 7.72. The van der Waals surface area contributed by atoms with Crippen LogP contribution in [0.3, 0.4) is 0 Å². The van der Waals surface area contributed by atoms with Gasteiger partial charge >= 0.3 is 5.97 Å². The highest BCUT2D eigenvalue weighted by molar-refractivity contribution is 6.12. The molecule has 7 heteroatoms. The Balaban J connectivity index is 1.14. The number of carbonyl (C=O) groups is 3. The highest BCUT2D eigenvalue weighted by atomic mass is 16.5. The molecule has 5 aromatic rings. The molecular formula is C38H36N2O5. The molecule has 45 heavy (non-hydrogen) atoms. The fourth-order valence-electron chi connectivity index (χ4n) is 5.16. The van der Waals surface area contributed by atoms with Crippen LogP contribution in [-0.2, 0) is 20.7 Å². The third kappa shape index (κ3) is 7.95. The van der Waals surface area contributed by atoms with Gasteiger partial charge in [-0.2, -0.15) is 0 Å². The van der Waals surface area contributed by atoms with Gasteiger partial charge in [0.25, 0.3) is 0 Å². The van der Waals surface area contributed by atoms with Crippen molar-refractivity contribution in [2.24, 2.45) is 0 Å². The van der Waals surface area contributed by atoms with Crippen LogP contribution in [0, 0.1) is 0 Å². The number of fused-ring (bicyclic) bond motifs is 1. The lowest BCUT2D eigenvalue weighted by Gasteiger charge is -2.20. The standard InChI is InChI=1S/C38H36N2O5/c1-26(30-19-18-28-10-6-7-13-31(28)25-30)37(42)39-22-23-45-32-20-16-27(17-21-32)24-35(38(43)44-2)40-34-15-9-8-14-33(34)36(41)29-11-4-3-5-12-29/h3-21,25-26,35,40H,22-24H2,1-2H3,(H,39,42). The van der Waals surface area contributed by atoms with E-state index in [0.29, 0.717) is 42.1 Å². The SMILES string of the molecule is COC(=O)C(Cc1ccc(OCCNC(=O)C(C)c2ccc3ccccc3c2)cc1)Nc1ccccc1C(=O)c1ccccc1. The Kier molecular flexibility index (Phi) is 10.2. The number of ether oxygens (including phenoxy) is 2. The molecular weight excluding hydrogens is 564 g/mol. The molecule has 0 aliphatic heterocycles. The number of hydrogen-bond acceptors (Lipinski definition) is 6. The van der Waals surface area contributed by atoms with Gasteiger partial charge in [-0.1, -0.05) is 97.1 Å². The molecule has 2 unspecified atom stereocenters. The molecule has 0 spiro atoms. The average Bonchev–Trinajstić information content (AvgIpc) is 3.09. The molecule has 0 radical (unpaired) electrons. The number of methoxy groups -OCH3 is 1. The topological polar surface area (TPSA) is 93.7 Å². The summed E-state index contributed by atoms with van der Waals surface area (Å²) in [5.41, 5.74) is 3.44. The van der Waals surface area contributed by atoms with E-state index in [2.05, 4.69) is 22.8 Å². The fourth-order valence-corrected chi connectivity index (χ4v) is 5.16. The zero-order valence-electron chi connectivity index (χ0n) is 25.4. The van der Waals surface area contributed by atoms with Crippen molar-refractivity contribution in [2.45, 2.75) is 25.3 Å². The molecule has 228 valence electrons. The highest BCUT2D eigenvalue weighted by Gasteiger charge is 2.23. The lowest BCUT2D eigenvalue weighted by molar-refractivity contribution is -0.141.